The molecule has 3 saturated carbocycles. The van der Waals surface area contributed by atoms with Crippen LogP contribution in [0.3, 0.4) is 0 Å². The van der Waals surface area contributed by atoms with Crippen molar-refractivity contribution in [2.45, 2.75) is 156 Å². The van der Waals surface area contributed by atoms with Crippen molar-refractivity contribution < 1.29 is 18.4 Å². The summed E-state index contributed by atoms with van der Waals surface area (Å²) in [5.41, 5.74) is 0.260. The molecule has 216 valence electrons. The molecular formula is C31H60O4Si2. The molecular weight excluding hydrogens is 493 g/mol. The molecule has 3 rings (SSSR count). The van der Waals surface area contributed by atoms with E-state index in [0.717, 1.165) is 25.7 Å². The molecule has 3 fully saturated rings. The Morgan fingerprint density at radius 3 is 2.22 bits per heavy atom. The number of ether oxygens (including phenoxy) is 1. The van der Waals surface area contributed by atoms with Gasteiger partial charge in [0, 0.05) is 6.10 Å². The Labute approximate surface area is 231 Å². The molecule has 3 aliphatic carbocycles. The quantitative estimate of drug-likeness (QED) is 0.189. The van der Waals surface area contributed by atoms with Crippen LogP contribution >= 0.6 is 0 Å². The lowest BCUT2D eigenvalue weighted by atomic mass is 9.59. The minimum absolute atomic E-state index is 0.0528. The highest BCUT2D eigenvalue weighted by Gasteiger charge is 2.69. The van der Waals surface area contributed by atoms with Crippen molar-refractivity contribution in [3.63, 3.8) is 0 Å². The number of rotatable bonds is 11. The molecule has 0 heterocycles. The van der Waals surface area contributed by atoms with Crippen LogP contribution in [0.2, 0.25) is 37.8 Å². The summed E-state index contributed by atoms with van der Waals surface area (Å²) in [5.74, 6) is 1.34. The van der Waals surface area contributed by atoms with E-state index in [9.17, 15) is 4.79 Å². The summed E-state index contributed by atoms with van der Waals surface area (Å²) in [4.78, 5) is 13.1. The molecule has 0 bridgehead atoms. The van der Waals surface area contributed by atoms with Crippen molar-refractivity contribution in [1.82, 2.24) is 0 Å². The summed E-state index contributed by atoms with van der Waals surface area (Å²) >= 11 is 0. The highest BCUT2D eigenvalue weighted by atomic mass is 28.4. The average molecular weight is 553 g/mol. The van der Waals surface area contributed by atoms with E-state index in [-0.39, 0.29) is 33.4 Å². The molecule has 6 atom stereocenters. The molecule has 3 aliphatic rings. The third-order valence-electron chi connectivity index (χ3n) is 10.7. The van der Waals surface area contributed by atoms with Crippen LogP contribution in [-0.4, -0.2) is 40.9 Å². The second-order valence-electron chi connectivity index (χ2n) is 16.1. The van der Waals surface area contributed by atoms with E-state index in [1.165, 1.54) is 32.1 Å². The van der Waals surface area contributed by atoms with Gasteiger partial charge in [0.2, 0.25) is 0 Å². The van der Waals surface area contributed by atoms with Crippen LogP contribution in [0.1, 0.15) is 106 Å². The van der Waals surface area contributed by atoms with Crippen LogP contribution in [0.4, 0.5) is 0 Å². The molecule has 0 aliphatic heterocycles. The van der Waals surface area contributed by atoms with Crippen LogP contribution in [0, 0.1) is 28.6 Å². The summed E-state index contributed by atoms with van der Waals surface area (Å²) in [5, 5.41) is 0.233. The first-order chi connectivity index (χ1) is 16.8. The zero-order chi connectivity index (χ0) is 28.1. The van der Waals surface area contributed by atoms with Crippen LogP contribution in [0.25, 0.3) is 0 Å². The van der Waals surface area contributed by atoms with Gasteiger partial charge in [-0.25, -0.2) is 0 Å². The molecule has 6 heteroatoms. The summed E-state index contributed by atoms with van der Waals surface area (Å²) in [7, 11) is -3.43. The van der Waals surface area contributed by atoms with E-state index in [1.54, 1.807) is 0 Å². The van der Waals surface area contributed by atoms with Gasteiger partial charge in [0.15, 0.2) is 16.6 Å². The van der Waals surface area contributed by atoms with Gasteiger partial charge in [-0.15, -0.1) is 0 Å². The SMILES string of the molecule is CCOC(=O)C1CC1(CCCC(C)(C)O[Si](C)(C)C)C1CCC2[C@@H](O[Si](C)(C)C(C)(C)C)CCC[C@@]21C. The Morgan fingerprint density at radius 2 is 1.65 bits per heavy atom. The largest absolute Gasteiger partial charge is 0.466 e. The van der Waals surface area contributed by atoms with E-state index in [1.807, 2.05) is 6.92 Å². The number of esters is 1. The molecule has 0 aromatic heterocycles. The smallest absolute Gasteiger partial charge is 0.309 e. The van der Waals surface area contributed by atoms with Crippen LogP contribution in [0.15, 0.2) is 0 Å². The topological polar surface area (TPSA) is 44.8 Å². The van der Waals surface area contributed by atoms with Crippen LogP contribution in [0.5, 0.6) is 0 Å². The van der Waals surface area contributed by atoms with Gasteiger partial charge in [-0.1, -0.05) is 40.5 Å². The van der Waals surface area contributed by atoms with Gasteiger partial charge in [0.05, 0.1) is 18.1 Å². The zero-order valence-corrected chi connectivity index (χ0v) is 28.5. The molecule has 4 nitrogen and oxygen atoms in total. The molecule has 4 unspecified atom stereocenters. The van der Waals surface area contributed by atoms with E-state index < -0.39 is 16.6 Å². The van der Waals surface area contributed by atoms with Crippen LogP contribution < -0.4 is 0 Å². The molecule has 0 radical (unpaired) electrons. The second-order valence-corrected chi connectivity index (χ2v) is 25.3. The number of hydrogen-bond donors (Lipinski definition) is 0. The normalized spacial score (nSPS) is 34.8. The lowest BCUT2D eigenvalue weighted by Gasteiger charge is -2.50. The zero-order valence-electron chi connectivity index (χ0n) is 26.5. The van der Waals surface area contributed by atoms with E-state index in [2.05, 4.69) is 74.3 Å². The molecule has 0 saturated heterocycles. The first-order valence-corrected chi connectivity index (χ1v) is 21.6. The van der Waals surface area contributed by atoms with Crippen molar-refractivity contribution in [3.05, 3.63) is 0 Å². The predicted molar refractivity (Wildman–Crippen MR) is 160 cm³/mol. The highest BCUT2D eigenvalue weighted by molar-refractivity contribution is 6.74. The van der Waals surface area contributed by atoms with Crippen molar-refractivity contribution in [1.29, 1.82) is 0 Å². The Morgan fingerprint density at radius 1 is 1.00 bits per heavy atom. The number of hydrogen-bond acceptors (Lipinski definition) is 4. The third-order valence-corrected chi connectivity index (χ3v) is 16.4. The number of fused-ring (bicyclic) bond motifs is 1. The number of carbonyl (C=O) groups excluding carboxylic acids is 1. The monoisotopic (exact) mass is 552 g/mol. The first kappa shape index (κ1) is 31.4. The minimum Gasteiger partial charge on any atom is -0.466 e. The maximum absolute atomic E-state index is 13.1. The van der Waals surface area contributed by atoms with Gasteiger partial charge < -0.3 is 13.6 Å². The molecule has 0 amide bonds. The lowest BCUT2D eigenvalue weighted by Crippen LogP contribution is -2.50. The van der Waals surface area contributed by atoms with E-state index >= 15 is 0 Å². The maximum atomic E-state index is 13.1. The summed E-state index contributed by atoms with van der Waals surface area (Å²) < 4.78 is 19.3. The fourth-order valence-corrected chi connectivity index (χ4v) is 11.4. The van der Waals surface area contributed by atoms with Gasteiger partial charge in [-0.2, -0.15) is 0 Å². The van der Waals surface area contributed by atoms with E-state index in [0.29, 0.717) is 24.5 Å². The summed E-state index contributed by atoms with van der Waals surface area (Å²) in [6.07, 6.45) is 10.9. The standard InChI is InChI=1S/C31H60O4Si2/c1-13-33-27(32)24-22-31(24,21-15-19-29(5,6)35-36(8,9)10)26-18-17-23-25(16-14-20-30(23,26)7)34-37(11,12)28(2,3)4/h23-26H,13-22H2,1-12H3/t23?,24?,25-,26?,30-,31?/m0/s1. The van der Waals surface area contributed by atoms with Crippen LogP contribution in [-0.2, 0) is 18.4 Å². The molecule has 0 aromatic rings. The van der Waals surface area contributed by atoms with E-state index in [4.69, 9.17) is 13.6 Å². The molecule has 0 N–H and O–H groups in total. The molecule has 0 aromatic carbocycles. The first-order valence-electron chi connectivity index (χ1n) is 15.3. The Balaban J connectivity index is 1.80. The summed E-state index contributed by atoms with van der Waals surface area (Å²) in [6.45, 7) is 28.2. The lowest BCUT2D eigenvalue weighted by molar-refractivity contribution is -0.146. The van der Waals surface area contributed by atoms with Gasteiger partial charge in [0.25, 0.3) is 0 Å². The van der Waals surface area contributed by atoms with Crippen molar-refractivity contribution >= 4 is 22.6 Å². The Kier molecular flexibility index (Phi) is 9.04. The highest BCUT2D eigenvalue weighted by Crippen LogP contribution is 2.72. The maximum Gasteiger partial charge on any atom is 0.309 e. The van der Waals surface area contributed by atoms with Crippen molar-refractivity contribution in [3.8, 4) is 0 Å². The van der Waals surface area contributed by atoms with Gasteiger partial charge in [0.1, 0.15) is 0 Å². The number of carbonyl (C=O) groups is 1. The minimum atomic E-state index is -1.83. The van der Waals surface area contributed by atoms with Gasteiger partial charge >= 0.3 is 5.97 Å². The molecule has 0 spiro atoms. The third kappa shape index (κ3) is 6.77. The van der Waals surface area contributed by atoms with Gasteiger partial charge in [-0.05, 0) is 126 Å². The van der Waals surface area contributed by atoms with Crippen molar-refractivity contribution in [2.75, 3.05) is 6.61 Å². The Bertz CT molecular complexity index is 811. The second kappa shape index (κ2) is 10.7. The predicted octanol–water partition coefficient (Wildman–Crippen LogP) is 8.96. The Hall–Kier alpha value is -0.176. The fraction of sp³-hybridized carbons (Fsp3) is 0.968. The average Bonchev–Trinajstić information content (AvgIpc) is 3.30. The van der Waals surface area contributed by atoms with Gasteiger partial charge in [-0.3, -0.25) is 4.79 Å². The summed E-state index contributed by atoms with van der Waals surface area (Å²) in [6, 6.07) is 0. The fourth-order valence-electron chi connectivity index (χ4n) is 8.20. The van der Waals surface area contributed by atoms with Crippen molar-refractivity contribution in [2.24, 2.45) is 28.6 Å². The molecule has 37 heavy (non-hydrogen) atoms.